The summed E-state index contributed by atoms with van der Waals surface area (Å²) in [7, 11) is 3.84. The number of guanidine groups is 1. The van der Waals surface area contributed by atoms with Crippen molar-refractivity contribution in [2.75, 3.05) is 33.2 Å². The molecule has 1 aliphatic rings. The molecule has 0 spiro atoms. The first kappa shape index (κ1) is 20.4. The summed E-state index contributed by atoms with van der Waals surface area (Å²) < 4.78 is 1.88. The van der Waals surface area contributed by atoms with E-state index in [1.54, 1.807) is 0 Å². The van der Waals surface area contributed by atoms with Crippen molar-refractivity contribution < 1.29 is 0 Å². The first-order valence-corrected chi connectivity index (χ1v) is 10.4. The topological polar surface area (TPSA) is 48.7 Å². The van der Waals surface area contributed by atoms with Crippen LogP contribution in [0.5, 0.6) is 0 Å². The molecule has 6 heteroatoms. The van der Waals surface area contributed by atoms with E-state index < -0.39 is 0 Å². The van der Waals surface area contributed by atoms with Gasteiger partial charge in [-0.25, -0.2) is 0 Å². The average Bonchev–Trinajstić information content (AvgIpc) is 3.37. The lowest BCUT2D eigenvalue weighted by molar-refractivity contribution is 0.296. The van der Waals surface area contributed by atoms with Gasteiger partial charge in [-0.3, -0.25) is 14.6 Å². The van der Waals surface area contributed by atoms with Crippen LogP contribution in [0.3, 0.4) is 0 Å². The molecule has 6 nitrogen and oxygen atoms in total. The number of hydrogen-bond donors (Lipinski definition) is 1. The summed E-state index contributed by atoms with van der Waals surface area (Å²) >= 11 is 0. The highest BCUT2D eigenvalue weighted by atomic mass is 15.3. The third-order valence-corrected chi connectivity index (χ3v) is 5.67. The summed E-state index contributed by atoms with van der Waals surface area (Å²) in [5.41, 5.74) is 3.98. The summed E-state index contributed by atoms with van der Waals surface area (Å²) in [6.07, 6.45) is 5.26. The molecular formula is C22H34N6. The van der Waals surface area contributed by atoms with Crippen LogP contribution < -0.4 is 5.32 Å². The zero-order valence-electron chi connectivity index (χ0n) is 17.7. The first-order valence-electron chi connectivity index (χ1n) is 10.4. The van der Waals surface area contributed by atoms with Crippen molar-refractivity contribution >= 4 is 5.96 Å². The summed E-state index contributed by atoms with van der Waals surface area (Å²) in [4.78, 5) is 9.29. The molecule has 1 unspecified atom stereocenters. The maximum absolute atomic E-state index is 4.50. The lowest BCUT2D eigenvalue weighted by Crippen LogP contribution is -2.39. The maximum Gasteiger partial charge on any atom is 0.193 e. The summed E-state index contributed by atoms with van der Waals surface area (Å²) in [6, 6.07) is 8.93. The molecule has 0 radical (unpaired) electrons. The van der Waals surface area contributed by atoms with E-state index in [9.17, 15) is 0 Å². The smallest absolute Gasteiger partial charge is 0.193 e. The minimum absolute atomic E-state index is 0.534. The fourth-order valence-electron chi connectivity index (χ4n) is 3.86. The van der Waals surface area contributed by atoms with Gasteiger partial charge in [0.05, 0.1) is 6.20 Å². The van der Waals surface area contributed by atoms with Crippen LogP contribution in [0.25, 0.3) is 0 Å². The molecule has 1 N–H and O–H groups in total. The SMILES string of the molecule is CCN(CC)Cc1ccc(CNC(=NC)N2CCC(c3cnn(C)c3)C2)cc1. The van der Waals surface area contributed by atoms with E-state index in [4.69, 9.17) is 0 Å². The predicted octanol–water partition coefficient (Wildman–Crippen LogP) is 2.83. The van der Waals surface area contributed by atoms with Gasteiger partial charge in [-0.15, -0.1) is 0 Å². The van der Waals surface area contributed by atoms with E-state index in [2.05, 4.69) is 69.5 Å². The molecule has 1 atom stereocenters. The second kappa shape index (κ2) is 9.73. The zero-order valence-corrected chi connectivity index (χ0v) is 17.7. The van der Waals surface area contributed by atoms with E-state index >= 15 is 0 Å². The van der Waals surface area contributed by atoms with Crippen LogP contribution in [0.1, 0.15) is 42.9 Å². The molecule has 0 aliphatic carbocycles. The highest BCUT2D eigenvalue weighted by Crippen LogP contribution is 2.26. The lowest BCUT2D eigenvalue weighted by atomic mass is 10.0. The van der Waals surface area contributed by atoms with Gasteiger partial charge in [-0.05, 0) is 36.2 Å². The van der Waals surface area contributed by atoms with Gasteiger partial charge in [0.2, 0.25) is 0 Å². The highest BCUT2D eigenvalue weighted by Gasteiger charge is 2.26. The summed E-state index contributed by atoms with van der Waals surface area (Å²) in [6.45, 7) is 10.4. The van der Waals surface area contributed by atoms with Crippen molar-refractivity contribution in [1.82, 2.24) is 24.9 Å². The molecule has 2 aromatic rings. The van der Waals surface area contributed by atoms with Crippen molar-refractivity contribution in [2.45, 2.75) is 39.3 Å². The Morgan fingerprint density at radius 3 is 2.54 bits per heavy atom. The number of aliphatic imine (C=N–C) groups is 1. The van der Waals surface area contributed by atoms with Gasteiger partial charge in [0.25, 0.3) is 0 Å². The van der Waals surface area contributed by atoms with Gasteiger partial charge in [0.15, 0.2) is 5.96 Å². The van der Waals surface area contributed by atoms with Gasteiger partial charge >= 0.3 is 0 Å². The fraction of sp³-hybridized carbons (Fsp3) is 0.545. The molecule has 1 saturated heterocycles. The quantitative estimate of drug-likeness (QED) is 0.591. The van der Waals surface area contributed by atoms with Gasteiger partial charge in [-0.2, -0.15) is 5.10 Å². The molecular weight excluding hydrogens is 348 g/mol. The van der Waals surface area contributed by atoms with Crippen molar-refractivity contribution in [3.8, 4) is 0 Å². The number of hydrogen-bond acceptors (Lipinski definition) is 3. The Hall–Kier alpha value is -2.34. The maximum atomic E-state index is 4.50. The Morgan fingerprint density at radius 2 is 1.93 bits per heavy atom. The first-order chi connectivity index (χ1) is 13.6. The molecule has 28 heavy (non-hydrogen) atoms. The predicted molar refractivity (Wildman–Crippen MR) is 115 cm³/mol. The van der Waals surface area contributed by atoms with Crippen molar-refractivity contribution in [1.29, 1.82) is 0 Å². The van der Waals surface area contributed by atoms with Crippen LogP contribution in [0, 0.1) is 0 Å². The number of likely N-dealkylation sites (tertiary alicyclic amines) is 1. The molecule has 1 aliphatic heterocycles. The van der Waals surface area contributed by atoms with Crippen molar-refractivity contribution in [2.24, 2.45) is 12.0 Å². The Kier molecular flexibility index (Phi) is 7.09. The van der Waals surface area contributed by atoms with E-state index in [0.717, 1.165) is 51.6 Å². The largest absolute Gasteiger partial charge is 0.352 e. The summed E-state index contributed by atoms with van der Waals surface area (Å²) in [5.74, 6) is 1.52. The van der Waals surface area contributed by atoms with Crippen molar-refractivity contribution in [3.05, 3.63) is 53.3 Å². The van der Waals surface area contributed by atoms with Crippen LogP contribution in [-0.4, -0.2) is 58.8 Å². The van der Waals surface area contributed by atoms with Crippen LogP contribution >= 0.6 is 0 Å². The monoisotopic (exact) mass is 382 g/mol. The van der Waals surface area contributed by atoms with Crippen LogP contribution in [0.4, 0.5) is 0 Å². The number of nitrogens with zero attached hydrogens (tertiary/aromatic N) is 5. The Balaban J connectivity index is 1.52. The molecule has 3 rings (SSSR count). The molecule has 0 saturated carbocycles. The van der Waals surface area contributed by atoms with Gasteiger partial charge in [0.1, 0.15) is 0 Å². The van der Waals surface area contributed by atoms with Gasteiger partial charge in [-0.1, -0.05) is 38.1 Å². The minimum Gasteiger partial charge on any atom is -0.352 e. The molecule has 1 aromatic heterocycles. The van der Waals surface area contributed by atoms with Gasteiger partial charge in [0, 0.05) is 52.4 Å². The molecule has 0 amide bonds. The molecule has 1 fully saturated rings. The Labute approximate surface area is 169 Å². The van der Waals surface area contributed by atoms with Crippen molar-refractivity contribution in [3.63, 3.8) is 0 Å². The van der Waals surface area contributed by atoms with E-state index in [1.807, 2.05) is 25.0 Å². The normalized spacial score (nSPS) is 17.5. The van der Waals surface area contributed by atoms with E-state index in [-0.39, 0.29) is 0 Å². The fourth-order valence-corrected chi connectivity index (χ4v) is 3.86. The number of nitrogens with one attached hydrogen (secondary N) is 1. The van der Waals surface area contributed by atoms with E-state index in [0.29, 0.717) is 5.92 Å². The van der Waals surface area contributed by atoms with Crippen LogP contribution in [0.15, 0.2) is 41.7 Å². The van der Waals surface area contributed by atoms with Gasteiger partial charge < -0.3 is 10.2 Å². The highest BCUT2D eigenvalue weighted by molar-refractivity contribution is 5.80. The number of rotatable bonds is 7. The second-order valence-corrected chi connectivity index (χ2v) is 7.56. The van der Waals surface area contributed by atoms with Crippen LogP contribution in [-0.2, 0) is 20.1 Å². The third-order valence-electron chi connectivity index (χ3n) is 5.67. The zero-order chi connectivity index (χ0) is 19.9. The minimum atomic E-state index is 0.534. The molecule has 152 valence electrons. The Morgan fingerprint density at radius 1 is 1.21 bits per heavy atom. The Bertz CT molecular complexity index is 760. The third kappa shape index (κ3) is 5.13. The molecule has 2 heterocycles. The number of aromatic nitrogens is 2. The lowest BCUT2D eigenvalue weighted by Gasteiger charge is -2.22. The summed E-state index contributed by atoms with van der Waals surface area (Å²) in [5, 5.41) is 7.84. The number of benzene rings is 1. The van der Waals surface area contributed by atoms with Crippen LogP contribution in [0.2, 0.25) is 0 Å². The number of aryl methyl sites for hydroxylation is 1. The molecule has 0 bridgehead atoms. The second-order valence-electron chi connectivity index (χ2n) is 7.56. The standard InChI is InChI=1S/C22H34N6/c1-5-27(6-2)15-19-9-7-18(8-10-19)13-24-22(23-3)28-12-11-20(17-28)21-14-25-26(4)16-21/h7-10,14,16,20H,5-6,11-13,15,17H2,1-4H3,(H,23,24). The van der Waals surface area contributed by atoms with E-state index in [1.165, 1.54) is 16.7 Å². The molecule has 1 aromatic carbocycles. The average molecular weight is 383 g/mol.